The van der Waals surface area contributed by atoms with E-state index < -0.39 is 34.8 Å². The number of carbonyl (C=O) groups is 3. The highest BCUT2D eigenvalue weighted by atomic mass is 16.7. The van der Waals surface area contributed by atoms with E-state index in [1.165, 1.54) is 18.4 Å². The summed E-state index contributed by atoms with van der Waals surface area (Å²) < 4.78 is 9.94. The number of oxime groups is 1. The predicted octanol–water partition coefficient (Wildman–Crippen LogP) is 0.671. The van der Waals surface area contributed by atoms with Gasteiger partial charge in [0.15, 0.2) is 5.76 Å². The second-order valence-corrected chi connectivity index (χ2v) is 5.71. The summed E-state index contributed by atoms with van der Waals surface area (Å²) in [7, 11) is 0. The summed E-state index contributed by atoms with van der Waals surface area (Å²) in [5.41, 5.74) is 1.34. The molecule has 9 nitrogen and oxygen atoms in total. The minimum absolute atomic E-state index is 0.117. The van der Waals surface area contributed by atoms with E-state index in [2.05, 4.69) is 5.16 Å². The first-order chi connectivity index (χ1) is 10.5. The second-order valence-electron chi connectivity index (χ2n) is 5.71. The molecule has 0 aliphatic carbocycles. The smallest absolute Gasteiger partial charge is 0.363 e. The van der Waals surface area contributed by atoms with Crippen LogP contribution in [0.15, 0.2) is 28.0 Å². The zero-order chi connectivity index (χ0) is 17.8. The van der Waals surface area contributed by atoms with E-state index in [9.17, 15) is 14.4 Å². The van der Waals surface area contributed by atoms with Crippen LogP contribution < -0.4 is 5.73 Å². The molecule has 0 aromatic carbocycles. The number of rotatable bonds is 6. The molecule has 126 valence electrons. The van der Waals surface area contributed by atoms with Crippen LogP contribution in [0.2, 0.25) is 0 Å². The number of ether oxygens (including phenoxy) is 1. The number of hydrogen-bond acceptors (Lipinski definition) is 7. The Bertz CT molecular complexity index is 628. The summed E-state index contributed by atoms with van der Waals surface area (Å²) >= 11 is 0. The number of nitrogens with two attached hydrogens (primary N) is 1. The van der Waals surface area contributed by atoms with E-state index in [0.717, 1.165) is 6.92 Å². The molecular weight excluding hydrogens is 308 g/mol. The van der Waals surface area contributed by atoms with Gasteiger partial charge in [0.25, 0.3) is 5.91 Å². The Morgan fingerprint density at radius 3 is 2.26 bits per heavy atom. The Morgan fingerprint density at radius 2 is 1.87 bits per heavy atom. The van der Waals surface area contributed by atoms with Crippen molar-refractivity contribution in [2.75, 3.05) is 0 Å². The van der Waals surface area contributed by atoms with E-state index in [1.807, 2.05) is 0 Å². The van der Waals surface area contributed by atoms with E-state index in [0.29, 0.717) is 0 Å². The number of carboxylic acid groups (broad SMARTS) is 1. The number of carbonyl (C=O) groups excluding carboxylic acids is 2. The molecule has 9 heteroatoms. The SMILES string of the molecule is CC(C)(C)OC(=O)C(C)(ON=C(C(=O)O)c1ccco1)C(N)=O. The number of aliphatic carboxylic acids is 1. The number of amides is 1. The molecule has 0 saturated carbocycles. The van der Waals surface area contributed by atoms with Crippen LogP contribution in [0.1, 0.15) is 33.5 Å². The van der Waals surface area contributed by atoms with E-state index >= 15 is 0 Å². The number of primary amides is 1. The fraction of sp³-hybridized carbons (Fsp3) is 0.429. The Labute approximate surface area is 132 Å². The van der Waals surface area contributed by atoms with Crippen molar-refractivity contribution in [3.05, 3.63) is 24.2 Å². The maximum atomic E-state index is 12.1. The number of carboxylic acids is 1. The molecule has 1 aromatic heterocycles. The van der Waals surface area contributed by atoms with Gasteiger partial charge in [-0.15, -0.1) is 0 Å². The van der Waals surface area contributed by atoms with E-state index in [1.54, 1.807) is 20.8 Å². The molecule has 3 N–H and O–H groups in total. The van der Waals surface area contributed by atoms with Crippen LogP contribution in [-0.4, -0.2) is 39.9 Å². The van der Waals surface area contributed by atoms with E-state index in [4.69, 9.17) is 24.8 Å². The molecular formula is C14H18N2O7. The van der Waals surface area contributed by atoms with Gasteiger partial charge in [0.05, 0.1) is 6.26 Å². The third-order valence-corrected chi connectivity index (χ3v) is 2.54. The largest absolute Gasteiger partial charge is 0.476 e. The monoisotopic (exact) mass is 326 g/mol. The standard InChI is InChI=1S/C14H18N2O7/c1-13(2,3)22-12(20)14(4,11(15)19)23-16-9(10(17)18)8-6-5-7-21-8/h5-7H,1-4H3,(H2,15,19)(H,17,18). The molecule has 1 heterocycles. The van der Waals surface area contributed by atoms with Crippen LogP contribution in [0, 0.1) is 0 Å². The molecule has 1 atom stereocenters. The van der Waals surface area contributed by atoms with Crippen LogP contribution >= 0.6 is 0 Å². The van der Waals surface area contributed by atoms with Crippen LogP contribution in [0.5, 0.6) is 0 Å². The first-order valence-corrected chi connectivity index (χ1v) is 6.54. The molecule has 1 unspecified atom stereocenters. The number of nitrogens with zero attached hydrogens (tertiary/aromatic N) is 1. The van der Waals surface area contributed by atoms with Crippen molar-refractivity contribution in [3.63, 3.8) is 0 Å². The summed E-state index contributed by atoms with van der Waals surface area (Å²) in [6.07, 6.45) is 1.23. The highest BCUT2D eigenvalue weighted by molar-refractivity contribution is 6.41. The minimum Gasteiger partial charge on any atom is -0.476 e. The van der Waals surface area contributed by atoms with Gasteiger partial charge in [-0.05, 0) is 39.8 Å². The summed E-state index contributed by atoms with van der Waals surface area (Å²) in [6.45, 7) is 5.79. The summed E-state index contributed by atoms with van der Waals surface area (Å²) in [5, 5.41) is 12.4. The van der Waals surface area contributed by atoms with Gasteiger partial charge in [-0.3, -0.25) is 4.79 Å². The zero-order valence-corrected chi connectivity index (χ0v) is 13.2. The molecule has 1 aromatic rings. The molecule has 0 aliphatic rings. The average Bonchev–Trinajstić information content (AvgIpc) is 2.89. The molecule has 0 spiro atoms. The topological polar surface area (TPSA) is 141 Å². The van der Waals surface area contributed by atoms with Crippen molar-refractivity contribution in [2.24, 2.45) is 10.9 Å². The Kier molecular flexibility index (Phi) is 5.15. The Hall–Kier alpha value is -2.84. The summed E-state index contributed by atoms with van der Waals surface area (Å²) in [4.78, 5) is 39.7. The van der Waals surface area contributed by atoms with Gasteiger partial charge in [0, 0.05) is 0 Å². The average molecular weight is 326 g/mol. The van der Waals surface area contributed by atoms with Gasteiger partial charge in [-0.25, -0.2) is 9.59 Å². The molecule has 23 heavy (non-hydrogen) atoms. The predicted molar refractivity (Wildman–Crippen MR) is 77.4 cm³/mol. The quantitative estimate of drug-likeness (QED) is 0.338. The Morgan fingerprint density at radius 1 is 1.26 bits per heavy atom. The van der Waals surface area contributed by atoms with Crippen LogP contribution in [0.4, 0.5) is 0 Å². The van der Waals surface area contributed by atoms with Crippen molar-refractivity contribution in [1.82, 2.24) is 0 Å². The molecule has 1 amide bonds. The minimum atomic E-state index is -2.29. The Balaban J connectivity index is 3.12. The maximum absolute atomic E-state index is 12.1. The highest BCUT2D eigenvalue weighted by Gasteiger charge is 2.46. The lowest BCUT2D eigenvalue weighted by molar-refractivity contribution is -0.184. The zero-order valence-electron chi connectivity index (χ0n) is 13.2. The lowest BCUT2D eigenvalue weighted by atomic mass is 10.1. The normalized spacial score (nSPS) is 14.7. The van der Waals surface area contributed by atoms with Crippen molar-refractivity contribution in [1.29, 1.82) is 0 Å². The van der Waals surface area contributed by atoms with Crippen LogP contribution in [-0.2, 0) is 24.0 Å². The molecule has 0 radical (unpaired) electrons. The van der Waals surface area contributed by atoms with Crippen molar-refractivity contribution >= 4 is 23.6 Å². The maximum Gasteiger partial charge on any atom is 0.363 e. The van der Waals surface area contributed by atoms with Crippen LogP contribution in [0.25, 0.3) is 0 Å². The molecule has 1 rings (SSSR count). The van der Waals surface area contributed by atoms with Gasteiger partial charge >= 0.3 is 17.5 Å². The summed E-state index contributed by atoms with van der Waals surface area (Å²) in [6, 6.07) is 2.76. The number of esters is 1. The van der Waals surface area contributed by atoms with Gasteiger partial charge < -0.3 is 24.8 Å². The van der Waals surface area contributed by atoms with Gasteiger partial charge in [0.2, 0.25) is 5.71 Å². The van der Waals surface area contributed by atoms with Crippen LogP contribution in [0.3, 0.4) is 0 Å². The van der Waals surface area contributed by atoms with Gasteiger partial charge in [-0.2, -0.15) is 0 Å². The first kappa shape index (κ1) is 18.2. The summed E-state index contributed by atoms with van der Waals surface area (Å²) in [5.74, 6) is -3.87. The molecule has 0 bridgehead atoms. The van der Waals surface area contributed by atoms with Crippen molar-refractivity contribution < 1.29 is 33.5 Å². The lowest BCUT2D eigenvalue weighted by Crippen LogP contribution is -2.52. The van der Waals surface area contributed by atoms with Gasteiger partial charge in [0.1, 0.15) is 5.60 Å². The fourth-order valence-electron chi connectivity index (χ4n) is 1.30. The third-order valence-electron chi connectivity index (χ3n) is 2.54. The van der Waals surface area contributed by atoms with Crippen molar-refractivity contribution in [2.45, 2.75) is 38.9 Å². The van der Waals surface area contributed by atoms with Crippen molar-refractivity contribution in [3.8, 4) is 0 Å². The van der Waals surface area contributed by atoms with E-state index in [-0.39, 0.29) is 5.76 Å². The lowest BCUT2D eigenvalue weighted by Gasteiger charge is -2.27. The first-order valence-electron chi connectivity index (χ1n) is 6.54. The molecule has 0 saturated heterocycles. The molecule has 0 fully saturated rings. The van der Waals surface area contributed by atoms with Gasteiger partial charge in [-0.1, -0.05) is 5.16 Å². The third kappa shape index (κ3) is 4.56. The number of furan rings is 1. The fourth-order valence-corrected chi connectivity index (χ4v) is 1.30. The molecule has 0 aliphatic heterocycles. The highest BCUT2D eigenvalue weighted by Crippen LogP contribution is 2.19. The second kappa shape index (κ2) is 6.51. The number of hydrogen-bond donors (Lipinski definition) is 2.